The minimum Gasteiger partial charge on any atom is -0.494 e. The molecule has 2 atom stereocenters. The van der Waals surface area contributed by atoms with E-state index in [1.54, 1.807) is 36.7 Å². The summed E-state index contributed by atoms with van der Waals surface area (Å²) >= 11 is 0. The molecule has 0 fully saturated rings. The molecule has 4 heterocycles. The van der Waals surface area contributed by atoms with Gasteiger partial charge in [0.1, 0.15) is 11.5 Å². The fraction of sp³-hybridized carbons (Fsp3) is 0.333. The van der Waals surface area contributed by atoms with Crippen LogP contribution < -0.4 is 20.7 Å². The van der Waals surface area contributed by atoms with E-state index in [1.165, 1.54) is 0 Å². The van der Waals surface area contributed by atoms with Crippen LogP contribution in [0.15, 0.2) is 116 Å². The summed E-state index contributed by atoms with van der Waals surface area (Å²) in [4.78, 5) is 54.0. The summed E-state index contributed by atoms with van der Waals surface area (Å²) in [6.45, 7) is 1.16. The zero-order chi connectivity index (χ0) is 38.2. The van der Waals surface area contributed by atoms with Crippen molar-refractivity contribution in [3.8, 4) is 33.8 Å². The summed E-state index contributed by atoms with van der Waals surface area (Å²) < 4.78 is 28.3. The zero-order valence-corrected chi connectivity index (χ0v) is 33.2. The van der Waals surface area contributed by atoms with Gasteiger partial charge >= 0.3 is 29.8 Å². The molecule has 0 amide bonds. The Morgan fingerprint density at radius 2 is 0.964 bits per heavy atom. The van der Waals surface area contributed by atoms with Gasteiger partial charge in [0.25, 0.3) is 0 Å². The number of pyridine rings is 2. The molecular formula is C42H48N2O9Si2. The molecule has 13 heteroatoms. The minimum atomic E-state index is -2.34. The Kier molecular flexibility index (Phi) is 14.9. The number of hydrogen-bond acceptors (Lipinski definition) is 11. The Morgan fingerprint density at radius 1 is 0.527 bits per heavy atom. The monoisotopic (exact) mass is 780 g/mol. The first kappa shape index (κ1) is 39.8. The van der Waals surface area contributed by atoms with Crippen molar-refractivity contribution < 1.29 is 32.0 Å². The fourth-order valence-corrected chi connectivity index (χ4v) is 10.2. The van der Waals surface area contributed by atoms with Gasteiger partial charge in [-0.15, -0.1) is 0 Å². The van der Waals surface area contributed by atoms with Crippen molar-refractivity contribution in [1.82, 2.24) is 9.97 Å². The molecule has 0 bridgehead atoms. The highest BCUT2D eigenvalue weighted by Crippen LogP contribution is 2.26. The van der Waals surface area contributed by atoms with Crippen molar-refractivity contribution in [2.24, 2.45) is 0 Å². The average Bonchev–Trinajstić information content (AvgIpc) is 3.19. The summed E-state index contributed by atoms with van der Waals surface area (Å²) in [6, 6.07) is 27.2. The molecule has 0 aliphatic rings. The van der Waals surface area contributed by atoms with Crippen molar-refractivity contribution >= 4 is 40.8 Å². The second-order valence-electron chi connectivity index (χ2n) is 13.6. The lowest BCUT2D eigenvalue weighted by molar-refractivity contribution is 0.304. The van der Waals surface area contributed by atoms with E-state index in [4.69, 9.17) is 22.4 Å². The molecule has 0 saturated carbocycles. The molecule has 2 N–H and O–H groups in total. The van der Waals surface area contributed by atoms with E-state index in [2.05, 4.69) is 9.97 Å². The fourth-order valence-electron chi connectivity index (χ4n) is 6.42. The highest BCUT2D eigenvalue weighted by atomic mass is 28.4. The van der Waals surface area contributed by atoms with Gasteiger partial charge in [0, 0.05) is 23.2 Å². The van der Waals surface area contributed by atoms with Gasteiger partial charge in [-0.1, -0.05) is 75.6 Å². The number of rotatable bonds is 22. The molecule has 0 aliphatic carbocycles. The van der Waals surface area contributed by atoms with E-state index in [9.17, 15) is 19.2 Å². The summed E-state index contributed by atoms with van der Waals surface area (Å²) in [5.41, 5.74) is 2.21. The Balaban J connectivity index is 0.766. The standard InChI is InChI=1S/C42H48N2O9Si2/c45-41-37(29-33-17-13-21-43-39(33)51-41)31-15-11-19-35(27-31)49-23-7-3-1-5-9-25-54(47)53-55(48)26-10-6-2-4-8-24-50-36-20-12-16-32(28-36)38-30-34-18-14-22-44-40(34)52-42(38)46/h11-22,27-30,47-48,54-55H,1-10,23-26H2. The third kappa shape index (κ3) is 12.0. The Hall–Kier alpha value is -4.93. The molecule has 0 aliphatic heterocycles. The van der Waals surface area contributed by atoms with Crippen molar-refractivity contribution in [1.29, 1.82) is 0 Å². The van der Waals surface area contributed by atoms with Crippen molar-refractivity contribution in [2.45, 2.75) is 76.3 Å². The maximum Gasteiger partial charge on any atom is 0.345 e. The number of fused-ring (bicyclic) bond motifs is 2. The Morgan fingerprint density at radius 3 is 1.44 bits per heavy atom. The van der Waals surface area contributed by atoms with Crippen molar-refractivity contribution in [2.75, 3.05) is 13.2 Å². The molecule has 6 rings (SSSR count). The smallest absolute Gasteiger partial charge is 0.345 e. The third-order valence-corrected chi connectivity index (χ3v) is 13.7. The number of ether oxygens (including phenoxy) is 2. The first-order valence-electron chi connectivity index (χ1n) is 19.2. The van der Waals surface area contributed by atoms with Crippen molar-refractivity contribution in [3.05, 3.63) is 118 Å². The van der Waals surface area contributed by atoms with Crippen LogP contribution in [-0.4, -0.2) is 51.3 Å². The van der Waals surface area contributed by atoms with Crippen LogP contribution in [0.5, 0.6) is 11.5 Å². The van der Waals surface area contributed by atoms with Gasteiger partial charge in [0.05, 0.1) is 24.3 Å². The van der Waals surface area contributed by atoms with Gasteiger partial charge in [-0.25, -0.2) is 19.6 Å². The predicted molar refractivity (Wildman–Crippen MR) is 218 cm³/mol. The second-order valence-corrected chi connectivity index (χ2v) is 17.7. The maximum absolute atomic E-state index is 12.5. The van der Waals surface area contributed by atoms with Crippen LogP contribution in [0.1, 0.15) is 64.2 Å². The molecule has 0 spiro atoms. The van der Waals surface area contributed by atoms with E-state index >= 15 is 0 Å². The highest BCUT2D eigenvalue weighted by molar-refractivity contribution is 6.57. The molecule has 0 saturated heterocycles. The molecule has 2 aromatic carbocycles. The average molecular weight is 781 g/mol. The quantitative estimate of drug-likeness (QED) is 0.0512. The summed E-state index contributed by atoms with van der Waals surface area (Å²) in [5, 5.41) is 1.53. The van der Waals surface area contributed by atoms with Crippen LogP contribution in [0.2, 0.25) is 12.1 Å². The van der Waals surface area contributed by atoms with Crippen LogP contribution in [0, 0.1) is 0 Å². The molecular weight excluding hydrogens is 733 g/mol. The lowest BCUT2D eigenvalue weighted by Gasteiger charge is -2.14. The maximum atomic E-state index is 12.5. The summed E-state index contributed by atoms with van der Waals surface area (Å²) in [6.07, 6.45) is 12.9. The lowest BCUT2D eigenvalue weighted by atomic mass is 10.1. The van der Waals surface area contributed by atoms with E-state index in [1.807, 2.05) is 60.7 Å². The first-order chi connectivity index (χ1) is 26.9. The number of benzene rings is 2. The van der Waals surface area contributed by atoms with Gasteiger partial charge in [0.15, 0.2) is 0 Å². The largest absolute Gasteiger partial charge is 0.494 e. The number of nitrogens with zero attached hydrogens (tertiary/aromatic N) is 2. The summed E-state index contributed by atoms with van der Waals surface area (Å²) in [7, 11) is -4.69. The van der Waals surface area contributed by atoms with Gasteiger partial charge in [-0.2, -0.15) is 0 Å². The molecule has 288 valence electrons. The van der Waals surface area contributed by atoms with Crippen LogP contribution in [0.4, 0.5) is 0 Å². The molecule has 55 heavy (non-hydrogen) atoms. The number of aromatic nitrogens is 2. The highest BCUT2D eigenvalue weighted by Gasteiger charge is 2.16. The first-order valence-corrected chi connectivity index (χ1v) is 22.8. The topological polar surface area (TPSA) is 154 Å². The lowest BCUT2D eigenvalue weighted by Crippen LogP contribution is -2.29. The van der Waals surface area contributed by atoms with Crippen LogP contribution >= 0.6 is 0 Å². The van der Waals surface area contributed by atoms with E-state index in [0.29, 0.717) is 59.4 Å². The van der Waals surface area contributed by atoms with Gasteiger partial charge in [-0.05, 0) is 96.7 Å². The third-order valence-electron chi connectivity index (χ3n) is 9.35. The molecule has 11 nitrogen and oxygen atoms in total. The second kappa shape index (κ2) is 20.7. The predicted octanol–water partition coefficient (Wildman–Crippen LogP) is 7.82. The molecule has 6 aromatic rings. The van der Waals surface area contributed by atoms with Gasteiger partial charge in [0.2, 0.25) is 11.4 Å². The number of hydrogen-bond donors (Lipinski definition) is 2. The van der Waals surface area contributed by atoms with E-state index < -0.39 is 29.8 Å². The molecule has 4 aromatic heterocycles. The summed E-state index contributed by atoms with van der Waals surface area (Å²) in [5.74, 6) is 1.41. The Labute approximate surface area is 323 Å². The number of unbranched alkanes of at least 4 members (excludes halogenated alkanes) is 8. The van der Waals surface area contributed by atoms with E-state index in [-0.39, 0.29) is 0 Å². The molecule has 0 radical (unpaired) electrons. The van der Waals surface area contributed by atoms with Crippen LogP contribution in [0.3, 0.4) is 0 Å². The SMILES string of the molecule is O=c1oc2ncccc2cc1-c1cccc(OCCCCCCC[SiH](O)O[SiH](O)CCCCCCCOc2cccc(-c3cc4cccnc4oc3=O)c2)c1. The molecule has 2 unspecified atom stereocenters. The van der Waals surface area contributed by atoms with Crippen molar-refractivity contribution in [3.63, 3.8) is 0 Å². The van der Waals surface area contributed by atoms with Gasteiger partial charge < -0.3 is 32.0 Å². The van der Waals surface area contributed by atoms with Crippen LogP contribution in [0.25, 0.3) is 44.5 Å². The van der Waals surface area contributed by atoms with Crippen LogP contribution in [-0.2, 0) is 4.12 Å². The van der Waals surface area contributed by atoms with E-state index in [0.717, 1.165) is 86.1 Å². The minimum absolute atomic E-state index is 0.321. The normalized spacial score (nSPS) is 12.5. The Bertz CT molecular complexity index is 2090. The zero-order valence-electron chi connectivity index (χ0n) is 30.9. The van der Waals surface area contributed by atoms with Gasteiger partial charge in [-0.3, -0.25) is 0 Å².